The van der Waals surface area contributed by atoms with Gasteiger partial charge in [-0.25, -0.2) is 9.50 Å². The van der Waals surface area contributed by atoms with E-state index < -0.39 is 0 Å². The summed E-state index contributed by atoms with van der Waals surface area (Å²) in [5, 5.41) is 5.09. The molecule has 2 heterocycles. The molecule has 0 aliphatic heterocycles. The monoisotopic (exact) mass is 303 g/mol. The lowest BCUT2D eigenvalue weighted by Crippen LogP contribution is -2.08. The second kappa shape index (κ2) is 6.11. The molecule has 21 heavy (non-hydrogen) atoms. The van der Waals surface area contributed by atoms with E-state index in [4.69, 9.17) is 21.1 Å². The Morgan fingerprint density at radius 2 is 2.10 bits per heavy atom. The van der Waals surface area contributed by atoms with Crippen LogP contribution < -0.4 is 4.74 Å². The fourth-order valence-electron chi connectivity index (χ4n) is 2.04. The Bertz CT molecular complexity index is 758. The minimum atomic E-state index is 0.319. The average Bonchev–Trinajstić information content (AvgIpc) is 2.91. The van der Waals surface area contributed by atoms with Crippen LogP contribution >= 0.6 is 11.6 Å². The van der Waals surface area contributed by atoms with Crippen molar-refractivity contribution in [1.82, 2.24) is 14.6 Å². The van der Waals surface area contributed by atoms with E-state index in [1.165, 1.54) is 0 Å². The Hall–Kier alpha value is -2.11. The maximum Gasteiger partial charge on any atom is 0.334 e. The number of fused-ring (bicyclic) bond motifs is 1. The van der Waals surface area contributed by atoms with Crippen LogP contribution in [0.4, 0.5) is 0 Å². The molecule has 0 unspecified atom stereocenters. The third-order valence-electron chi connectivity index (χ3n) is 3.02. The second-order valence-electron chi connectivity index (χ2n) is 4.45. The summed E-state index contributed by atoms with van der Waals surface area (Å²) in [5.41, 5.74) is 2.82. The van der Waals surface area contributed by atoms with Gasteiger partial charge in [-0.15, -0.1) is 5.10 Å². The first-order valence-electron chi connectivity index (χ1n) is 6.50. The summed E-state index contributed by atoms with van der Waals surface area (Å²) in [6.45, 7) is 0.907. The molecule has 0 amide bonds. The summed E-state index contributed by atoms with van der Waals surface area (Å²) in [4.78, 5) is 4.17. The van der Waals surface area contributed by atoms with Gasteiger partial charge in [0.25, 0.3) is 0 Å². The number of ether oxygens (including phenoxy) is 2. The van der Waals surface area contributed by atoms with Gasteiger partial charge in [-0.1, -0.05) is 23.7 Å². The number of hydrogen-bond acceptors (Lipinski definition) is 4. The fourth-order valence-corrected chi connectivity index (χ4v) is 2.23. The normalized spacial score (nSPS) is 11.0. The zero-order valence-electron chi connectivity index (χ0n) is 11.5. The van der Waals surface area contributed by atoms with Crippen LogP contribution in [-0.4, -0.2) is 34.9 Å². The highest BCUT2D eigenvalue weighted by Crippen LogP contribution is 2.24. The van der Waals surface area contributed by atoms with Gasteiger partial charge in [0, 0.05) is 17.7 Å². The number of methoxy groups -OCH3 is 1. The predicted octanol–water partition coefficient (Wildman–Crippen LogP) is 3.07. The number of halogens is 1. The van der Waals surface area contributed by atoms with E-state index in [0.29, 0.717) is 24.2 Å². The number of nitrogens with zero attached hydrogens (tertiary/aromatic N) is 3. The SMILES string of the molecule is COCCOc1ncc2ccc(-c3cccc(Cl)c3)n2n1. The highest BCUT2D eigenvalue weighted by Gasteiger charge is 2.08. The number of hydrogen-bond donors (Lipinski definition) is 0. The first-order chi connectivity index (χ1) is 10.3. The van der Waals surface area contributed by atoms with E-state index in [-0.39, 0.29) is 0 Å². The molecule has 0 aliphatic rings. The highest BCUT2D eigenvalue weighted by atomic mass is 35.5. The Balaban J connectivity index is 1.97. The molecule has 1 aromatic carbocycles. The molecule has 6 heteroatoms. The lowest BCUT2D eigenvalue weighted by molar-refractivity contribution is 0.140. The molecule has 0 bridgehead atoms. The van der Waals surface area contributed by atoms with E-state index in [0.717, 1.165) is 16.8 Å². The van der Waals surface area contributed by atoms with Crippen molar-refractivity contribution in [2.45, 2.75) is 0 Å². The molecule has 108 valence electrons. The number of rotatable bonds is 5. The van der Waals surface area contributed by atoms with E-state index in [9.17, 15) is 0 Å². The smallest absolute Gasteiger partial charge is 0.334 e. The van der Waals surface area contributed by atoms with Gasteiger partial charge in [0.1, 0.15) is 6.61 Å². The quantitative estimate of drug-likeness (QED) is 0.680. The second-order valence-corrected chi connectivity index (χ2v) is 4.88. The molecule has 0 aliphatic carbocycles. The molecule has 0 saturated heterocycles. The minimum absolute atomic E-state index is 0.319. The molecule has 5 nitrogen and oxygen atoms in total. The zero-order valence-corrected chi connectivity index (χ0v) is 12.2. The maximum absolute atomic E-state index is 6.05. The van der Waals surface area contributed by atoms with Crippen molar-refractivity contribution in [2.75, 3.05) is 20.3 Å². The number of aromatic nitrogens is 3. The maximum atomic E-state index is 6.05. The first-order valence-corrected chi connectivity index (χ1v) is 6.88. The summed E-state index contributed by atoms with van der Waals surface area (Å²) < 4.78 is 12.2. The minimum Gasteiger partial charge on any atom is -0.460 e. The molecule has 0 saturated carbocycles. The van der Waals surface area contributed by atoms with Crippen molar-refractivity contribution in [3.05, 3.63) is 47.6 Å². The van der Waals surface area contributed by atoms with Gasteiger partial charge >= 0.3 is 6.01 Å². The lowest BCUT2D eigenvalue weighted by Gasteiger charge is -2.06. The van der Waals surface area contributed by atoms with E-state index in [2.05, 4.69) is 10.1 Å². The van der Waals surface area contributed by atoms with Crippen LogP contribution in [0.2, 0.25) is 5.02 Å². The van der Waals surface area contributed by atoms with E-state index >= 15 is 0 Å². The summed E-state index contributed by atoms with van der Waals surface area (Å²) in [7, 11) is 1.62. The summed E-state index contributed by atoms with van der Waals surface area (Å²) in [6, 6.07) is 11.9. The van der Waals surface area contributed by atoms with Crippen LogP contribution in [-0.2, 0) is 4.74 Å². The van der Waals surface area contributed by atoms with Crippen LogP contribution in [0.3, 0.4) is 0 Å². The Labute approximate surface area is 127 Å². The van der Waals surface area contributed by atoms with Gasteiger partial charge in [-0.05, 0) is 24.3 Å². The van der Waals surface area contributed by atoms with Crippen LogP contribution in [0.25, 0.3) is 16.8 Å². The summed E-state index contributed by atoms with van der Waals surface area (Å²) >= 11 is 6.05. The molecule has 0 spiro atoms. The van der Waals surface area contributed by atoms with Gasteiger partial charge < -0.3 is 9.47 Å². The third-order valence-corrected chi connectivity index (χ3v) is 3.25. The molecule has 2 aromatic heterocycles. The molecular weight excluding hydrogens is 290 g/mol. The van der Waals surface area contributed by atoms with Crippen LogP contribution in [0, 0.1) is 0 Å². The topological polar surface area (TPSA) is 48.7 Å². The van der Waals surface area contributed by atoms with Gasteiger partial charge in [0.05, 0.1) is 24.0 Å². The standard InChI is InChI=1S/C15H14ClN3O2/c1-20-7-8-21-15-17-10-13-5-6-14(19(13)18-15)11-3-2-4-12(16)9-11/h2-6,9-10H,7-8H2,1H3. The van der Waals surface area contributed by atoms with Crippen molar-refractivity contribution in [3.8, 4) is 17.3 Å². The molecule has 3 rings (SSSR count). The summed E-state index contributed by atoms with van der Waals surface area (Å²) in [5.74, 6) is 0. The Morgan fingerprint density at radius 3 is 2.90 bits per heavy atom. The lowest BCUT2D eigenvalue weighted by atomic mass is 10.2. The molecule has 0 atom stereocenters. The number of benzene rings is 1. The predicted molar refractivity (Wildman–Crippen MR) is 80.8 cm³/mol. The largest absolute Gasteiger partial charge is 0.460 e. The van der Waals surface area contributed by atoms with Crippen molar-refractivity contribution >= 4 is 17.1 Å². The molecule has 0 radical (unpaired) electrons. The third kappa shape index (κ3) is 2.99. The van der Waals surface area contributed by atoms with Gasteiger partial charge in [0.15, 0.2) is 0 Å². The highest BCUT2D eigenvalue weighted by molar-refractivity contribution is 6.30. The fraction of sp³-hybridized carbons (Fsp3) is 0.200. The van der Waals surface area contributed by atoms with E-state index in [1.807, 2.05) is 36.4 Å². The van der Waals surface area contributed by atoms with Gasteiger partial charge in [-0.2, -0.15) is 0 Å². The molecule has 0 N–H and O–H groups in total. The first kappa shape index (κ1) is 13.9. The van der Waals surface area contributed by atoms with E-state index in [1.54, 1.807) is 17.8 Å². The van der Waals surface area contributed by atoms with Crippen LogP contribution in [0.5, 0.6) is 6.01 Å². The van der Waals surface area contributed by atoms with Gasteiger partial charge in [-0.3, -0.25) is 0 Å². The Kier molecular flexibility index (Phi) is 4.03. The van der Waals surface area contributed by atoms with Crippen molar-refractivity contribution in [3.63, 3.8) is 0 Å². The van der Waals surface area contributed by atoms with Crippen molar-refractivity contribution < 1.29 is 9.47 Å². The van der Waals surface area contributed by atoms with Gasteiger partial charge in [0.2, 0.25) is 0 Å². The molecule has 0 fully saturated rings. The zero-order chi connectivity index (χ0) is 14.7. The van der Waals surface area contributed by atoms with Crippen molar-refractivity contribution in [1.29, 1.82) is 0 Å². The van der Waals surface area contributed by atoms with Crippen LogP contribution in [0.15, 0.2) is 42.6 Å². The average molecular weight is 304 g/mol. The molecular formula is C15H14ClN3O2. The molecule has 3 aromatic rings. The summed E-state index contributed by atoms with van der Waals surface area (Å²) in [6.07, 6.45) is 1.73. The van der Waals surface area contributed by atoms with Crippen molar-refractivity contribution in [2.24, 2.45) is 0 Å². The Morgan fingerprint density at radius 1 is 1.19 bits per heavy atom. The van der Waals surface area contributed by atoms with Crippen LogP contribution in [0.1, 0.15) is 0 Å².